The molecule has 1 N–H and O–H groups in total. The van der Waals surface area contributed by atoms with Crippen molar-refractivity contribution in [3.63, 3.8) is 0 Å². The summed E-state index contributed by atoms with van der Waals surface area (Å²) in [6.45, 7) is 4.30. The molecule has 0 aliphatic rings. The van der Waals surface area contributed by atoms with Gasteiger partial charge in [-0.05, 0) is 54.8 Å². The topological polar surface area (TPSA) is 64.3 Å². The highest BCUT2D eigenvalue weighted by Crippen LogP contribution is 2.26. The molecule has 2 aromatic rings. The number of carbonyl (C=O) groups is 1. The number of aryl methyl sites for hydroxylation is 3. The summed E-state index contributed by atoms with van der Waals surface area (Å²) in [4.78, 5) is 10.6. The summed E-state index contributed by atoms with van der Waals surface area (Å²) in [5.74, 6) is -0.145. The molecule has 0 saturated heterocycles. The third-order valence-electron chi connectivity index (χ3n) is 3.03. The summed E-state index contributed by atoms with van der Waals surface area (Å²) in [5, 5.41) is 12.9. The van der Waals surface area contributed by atoms with Crippen molar-refractivity contribution in [2.24, 2.45) is 7.05 Å². The summed E-state index contributed by atoms with van der Waals surface area (Å²) < 4.78 is 7.57. The number of rotatable bonds is 5. The zero-order chi connectivity index (χ0) is 15.4. The van der Waals surface area contributed by atoms with Gasteiger partial charge in [-0.1, -0.05) is 0 Å². The van der Waals surface area contributed by atoms with Gasteiger partial charge in [0.25, 0.3) is 0 Å². The van der Waals surface area contributed by atoms with Crippen molar-refractivity contribution in [1.29, 1.82) is 0 Å². The third kappa shape index (κ3) is 3.95. The fourth-order valence-electron chi connectivity index (χ4n) is 2.16. The molecule has 1 heterocycles. The van der Waals surface area contributed by atoms with Crippen LogP contribution in [0.3, 0.4) is 0 Å². The number of carboxylic acids is 1. The monoisotopic (exact) mass is 286 g/mol. The number of ether oxygens (including phenoxy) is 1. The van der Waals surface area contributed by atoms with Crippen LogP contribution in [0.4, 0.5) is 0 Å². The van der Waals surface area contributed by atoms with Gasteiger partial charge in [0.1, 0.15) is 12.4 Å². The molecule has 0 radical (unpaired) electrons. The van der Waals surface area contributed by atoms with E-state index in [1.54, 1.807) is 10.8 Å². The number of aliphatic carboxylic acids is 1. The lowest BCUT2D eigenvalue weighted by Gasteiger charge is -2.12. The van der Waals surface area contributed by atoms with Crippen molar-refractivity contribution >= 4 is 12.0 Å². The minimum absolute atomic E-state index is 0.410. The maximum absolute atomic E-state index is 10.6. The summed E-state index contributed by atoms with van der Waals surface area (Å²) in [6, 6.07) is 5.72. The summed E-state index contributed by atoms with van der Waals surface area (Å²) in [7, 11) is 1.86. The lowest BCUT2D eigenvalue weighted by molar-refractivity contribution is -0.131. The summed E-state index contributed by atoms with van der Waals surface area (Å²) in [5.41, 5.74) is 3.65. The molecule has 1 aromatic carbocycles. The third-order valence-corrected chi connectivity index (χ3v) is 3.03. The van der Waals surface area contributed by atoms with E-state index in [4.69, 9.17) is 9.84 Å². The van der Waals surface area contributed by atoms with Crippen molar-refractivity contribution in [1.82, 2.24) is 9.78 Å². The number of nitrogens with zero attached hydrogens (tertiary/aromatic N) is 2. The number of hydrogen-bond donors (Lipinski definition) is 1. The first kappa shape index (κ1) is 14.8. The smallest absolute Gasteiger partial charge is 0.328 e. The fraction of sp³-hybridized carbons (Fsp3) is 0.250. The highest BCUT2D eigenvalue weighted by molar-refractivity contribution is 5.85. The van der Waals surface area contributed by atoms with Crippen LogP contribution >= 0.6 is 0 Å². The molecule has 0 spiro atoms. The molecule has 0 fully saturated rings. The molecule has 5 heteroatoms. The van der Waals surface area contributed by atoms with E-state index in [1.165, 1.54) is 0 Å². The Hall–Kier alpha value is -2.56. The average Bonchev–Trinajstić information content (AvgIpc) is 2.81. The first-order chi connectivity index (χ1) is 9.95. The molecule has 2 rings (SSSR count). The maximum atomic E-state index is 10.6. The van der Waals surface area contributed by atoms with Gasteiger partial charge in [-0.2, -0.15) is 5.10 Å². The first-order valence-corrected chi connectivity index (χ1v) is 6.59. The Balaban J connectivity index is 2.15. The minimum Gasteiger partial charge on any atom is -0.487 e. The number of hydrogen-bond acceptors (Lipinski definition) is 3. The molecule has 0 saturated carbocycles. The predicted octanol–water partition coefficient (Wildman–Crippen LogP) is 2.71. The van der Waals surface area contributed by atoms with Crippen LogP contribution in [0.1, 0.15) is 22.4 Å². The summed E-state index contributed by atoms with van der Waals surface area (Å²) >= 11 is 0. The second kappa shape index (κ2) is 6.26. The van der Waals surface area contributed by atoms with E-state index >= 15 is 0 Å². The fourth-order valence-corrected chi connectivity index (χ4v) is 2.16. The van der Waals surface area contributed by atoms with Gasteiger partial charge in [-0.3, -0.25) is 4.68 Å². The molecular formula is C16H18N2O3. The van der Waals surface area contributed by atoms with E-state index in [-0.39, 0.29) is 0 Å². The zero-order valence-electron chi connectivity index (χ0n) is 12.3. The molecule has 21 heavy (non-hydrogen) atoms. The molecule has 1 aromatic heterocycles. The molecule has 0 aliphatic carbocycles. The van der Waals surface area contributed by atoms with Crippen LogP contribution in [0.15, 0.2) is 30.5 Å². The van der Waals surface area contributed by atoms with Crippen molar-refractivity contribution in [2.75, 3.05) is 0 Å². The molecule has 0 atom stereocenters. The average molecular weight is 286 g/mol. The van der Waals surface area contributed by atoms with Gasteiger partial charge in [-0.25, -0.2) is 4.79 Å². The van der Waals surface area contributed by atoms with Crippen LogP contribution < -0.4 is 4.74 Å². The Labute approximate surface area is 123 Å². The lowest BCUT2D eigenvalue weighted by atomic mass is 10.1. The van der Waals surface area contributed by atoms with Gasteiger partial charge >= 0.3 is 5.97 Å². The van der Waals surface area contributed by atoms with Crippen molar-refractivity contribution in [3.05, 3.63) is 52.9 Å². The van der Waals surface area contributed by atoms with E-state index < -0.39 is 5.97 Å². The van der Waals surface area contributed by atoms with Gasteiger partial charge in [0.15, 0.2) is 0 Å². The Kier molecular flexibility index (Phi) is 4.42. The Morgan fingerprint density at radius 3 is 2.57 bits per heavy atom. The maximum Gasteiger partial charge on any atom is 0.328 e. The quantitative estimate of drug-likeness (QED) is 0.858. The van der Waals surface area contributed by atoms with Crippen LogP contribution in [-0.2, 0) is 18.4 Å². The molecule has 5 nitrogen and oxygen atoms in total. The highest BCUT2D eigenvalue weighted by Gasteiger charge is 2.07. The normalized spacial score (nSPS) is 11.0. The number of carboxylic acid groups (broad SMARTS) is 1. The van der Waals surface area contributed by atoms with E-state index in [9.17, 15) is 4.79 Å². The minimum atomic E-state index is -0.958. The van der Waals surface area contributed by atoms with E-state index in [2.05, 4.69) is 5.10 Å². The second-order valence-electron chi connectivity index (χ2n) is 4.92. The Bertz CT molecular complexity index is 664. The first-order valence-electron chi connectivity index (χ1n) is 6.59. The van der Waals surface area contributed by atoms with E-state index in [0.29, 0.717) is 6.61 Å². The van der Waals surface area contributed by atoms with Gasteiger partial charge in [0.2, 0.25) is 0 Å². The molecule has 0 bridgehead atoms. The largest absolute Gasteiger partial charge is 0.487 e. The van der Waals surface area contributed by atoms with Crippen LogP contribution in [0.5, 0.6) is 5.75 Å². The van der Waals surface area contributed by atoms with Crippen LogP contribution in [0.2, 0.25) is 0 Å². The number of aromatic nitrogens is 2. The zero-order valence-corrected chi connectivity index (χ0v) is 12.3. The van der Waals surface area contributed by atoms with Gasteiger partial charge in [0, 0.05) is 19.3 Å². The van der Waals surface area contributed by atoms with E-state index in [0.717, 1.165) is 34.2 Å². The standard InChI is InChI=1S/C16H18N2O3/c1-11-8-13(4-5-15(19)20)9-12(2)16(11)21-10-14-6-7-18(3)17-14/h4-9H,10H2,1-3H3,(H,19,20)/b5-4+. The molecular weight excluding hydrogens is 268 g/mol. The van der Waals surface area contributed by atoms with Crippen LogP contribution in [-0.4, -0.2) is 20.9 Å². The molecule has 0 unspecified atom stereocenters. The molecule has 0 aliphatic heterocycles. The number of benzene rings is 1. The van der Waals surface area contributed by atoms with Gasteiger partial charge < -0.3 is 9.84 Å². The van der Waals surface area contributed by atoms with Crippen molar-refractivity contribution in [2.45, 2.75) is 20.5 Å². The SMILES string of the molecule is Cc1cc(/C=C/C(=O)O)cc(C)c1OCc1ccn(C)n1. The van der Waals surface area contributed by atoms with Gasteiger partial charge in [-0.15, -0.1) is 0 Å². The second-order valence-corrected chi connectivity index (χ2v) is 4.92. The Morgan fingerprint density at radius 1 is 1.38 bits per heavy atom. The van der Waals surface area contributed by atoms with Gasteiger partial charge in [0.05, 0.1) is 5.69 Å². The van der Waals surface area contributed by atoms with Crippen LogP contribution in [0, 0.1) is 13.8 Å². The predicted molar refractivity (Wildman–Crippen MR) is 80.1 cm³/mol. The van der Waals surface area contributed by atoms with E-state index in [1.807, 2.05) is 45.3 Å². The summed E-state index contributed by atoms with van der Waals surface area (Å²) in [6.07, 6.45) is 4.58. The highest BCUT2D eigenvalue weighted by atomic mass is 16.5. The molecule has 110 valence electrons. The van der Waals surface area contributed by atoms with Crippen molar-refractivity contribution in [3.8, 4) is 5.75 Å². The Morgan fingerprint density at radius 2 is 2.05 bits per heavy atom. The van der Waals surface area contributed by atoms with Crippen LogP contribution in [0.25, 0.3) is 6.08 Å². The lowest BCUT2D eigenvalue weighted by Crippen LogP contribution is -2.01. The molecule has 0 amide bonds. The van der Waals surface area contributed by atoms with Crippen molar-refractivity contribution < 1.29 is 14.6 Å².